The molecular weight excluding hydrogens is 324 g/mol. The SMILES string of the molecule is O=C(Nc1ccc2occc2c1)c1ccc(N2COCCS2)cc1. The van der Waals surface area contributed by atoms with Gasteiger partial charge in [0.05, 0.1) is 12.9 Å². The standard InChI is InChI=1S/C18H16N2O3S/c21-18(19-15-3-6-17-14(11-15)7-8-23-17)13-1-4-16(5-2-13)20-12-22-9-10-24-20/h1-8,11H,9-10,12H2,(H,19,21). The summed E-state index contributed by atoms with van der Waals surface area (Å²) in [6.45, 7) is 1.35. The molecule has 0 unspecified atom stereocenters. The zero-order valence-electron chi connectivity index (χ0n) is 12.9. The van der Waals surface area contributed by atoms with Crippen LogP contribution in [0.25, 0.3) is 11.0 Å². The Labute approximate surface area is 143 Å². The number of hydrogen-bond donors (Lipinski definition) is 1. The summed E-state index contributed by atoms with van der Waals surface area (Å²) in [5, 5.41) is 3.88. The molecule has 0 radical (unpaired) electrons. The largest absolute Gasteiger partial charge is 0.464 e. The molecule has 1 N–H and O–H groups in total. The smallest absolute Gasteiger partial charge is 0.255 e. The third-order valence-corrected chi connectivity index (χ3v) is 4.79. The summed E-state index contributed by atoms with van der Waals surface area (Å²) in [6, 6.07) is 15.0. The number of nitrogens with zero attached hydrogens (tertiary/aromatic N) is 1. The predicted molar refractivity (Wildman–Crippen MR) is 96.4 cm³/mol. The molecule has 0 atom stereocenters. The minimum absolute atomic E-state index is 0.132. The maximum atomic E-state index is 12.4. The molecule has 2 aromatic carbocycles. The molecule has 0 aliphatic carbocycles. The molecule has 24 heavy (non-hydrogen) atoms. The molecule has 1 amide bonds. The summed E-state index contributed by atoms with van der Waals surface area (Å²) in [7, 11) is 0. The number of rotatable bonds is 3. The first-order valence-corrected chi connectivity index (χ1v) is 8.61. The van der Waals surface area contributed by atoms with Gasteiger partial charge in [-0.1, -0.05) is 0 Å². The molecule has 2 heterocycles. The number of furan rings is 1. The third kappa shape index (κ3) is 3.11. The van der Waals surface area contributed by atoms with Crippen LogP contribution in [0.3, 0.4) is 0 Å². The lowest BCUT2D eigenvalue weighted by Crippen LogP contribution is -2.25. The lowest BCUT2D eigenvalue weighted by molar-refractivity contribution is 0.102. The molecule has 4 rings (SSSR count). The molecule has 1 saturated heterocycles. The van der Waals surface area contributed by atoms with E-state index in [0.717, 1.165) is 34.7 Å². The van der Waals surface area contributed by atoms with Crippen LogP contribution < -0.4 is 9.62 Å². The monoisotopic (exact) mass is 340 g/mol. The van der Waals surface area contributed by atoms with E-state index in [2.05, 4.69) is 9.62 Å². The van der Waals surface area contributed by atoms with Crippen LogP contribution in [0.4, 0.5) is 11.4 Å². The summed E-state index contributed by atoms with van der Waals surface area (Å²) in [5.74, 6) is 0.811. The van der Waals surface area contributed by atoms with E-state index in [1.54, 1.807) is 18.2 Å². The summed E-state index contributed by atoms with van der Waals surface area (Å²) < 4.78 is 12.8. The van der Waals surface area contributed by atoms with Crippen LogP contribution in [-0.4, -0.2) is 25.0 Å². The van der Waals surface area contributed by atoms with Crippen LogP contribution in [-0.2, 0) is 4.74 Å². The number of anilines is 2. The molecule has 1 aromatic heterocycles. The molecule has 6 heteroatoms. The van der Waals surface area contributed by atoms with Crippen molar-refractivity contribution in [2.45, 2.75) is 0 Å². The highest BCUT2D eigenvalue weighted by molar-refractivity contribution is 8.00. The Morgan fingerprint density at radius 3 is 2.79 bits per heavy atom. The van der Waals surface area contributed by atoms with Crippen molar-refractivity contribution >= 4 is 40.2 Å². The Kier molecular flexibility index (Phi) is 4.15. The molecule has 0 spiro atoms. The van der Waals surface area contributed by atoms with Crippen molar-refractivity contribution in [2.24, 2.45) is 0 Å². The van der Waals surface area contributed by atoms with Gasteiger partial charge in [0.15, 0.2) is 0 Å². The summed E-state index contributed by atoms with van der Waals surface area (Å²) in [5.41, 5.74) is 3.21. The lowest BCUT2D eigenvalue weighted by Gasteiger charge is -2.27. The van der Waals surface area contributed by atoms with Gasteiger partial charge in [0.25, 0.3) is 5.91 Å². The van der Waals surface area contributed by atoms with Crippen LogP contribution >= 0.6 is 11.9 Å². The van der Waals surface area contributed by atoms with E-state index >= 15 is 0 Å². The van der Waals surface area contributed by atoms with Crippen molar-refractivity contribution in [1.29, 1.82) is 0 Å². The van der Waals surface area contributed by atoms with E-state index in [1.807, 2.05) is 48.5 Å². The zero-order valence-corrected chi connectivity index (χ0v) is 13.7. The lowest BCUT2D eigenvalue weighted by atomic mass is 10.2. The number of benzene rings is 2. The Morgan fingerprint density at radius 1 is 1.12 bits per heavy atom. The Balaban J connectivity index is 1.47. The number of fused-ring (bicyclic) bond motifs is 1. The fourth-order valence-corrected chi connectivity index (χ4v) is 3.40. The van der Waals surface area contributed by atoms with Crippen molar-refractivity contribution in [3.63, 3.8) is 0 Å². The fourth-order valence-electron chi connectivity index (χ4n) is 2.57. The molecule has 1 aliphatic rings. The van der Waals surface area contributed by atoms with Crippen molar-refractivity contribution in [3.05, 3.63) is 60.4 Å². The maximum absolute atomic E-state index is 12.4. The molecule has 122 valence electrons. The fraction of sp³-hybridized carbons (Fsp3) is 0.167. The van der Waals surface area contributed by atoms with Crippen molar-refractivity contribution in [3.8, 4) is 0 Å². The van der Waals surface area contributed by atoms with Gasteiger partial charge in [0, 0.05) is 28.1 Å². The molecule has 5 nitrogen and oxygen atoms in total. The highest BCUT2D eigenvalue weighted by Gasteiger charge is 2.13. The van der Waals surface area contributed by atoms with Crippen LogP contribution in [0, 0.1) is 0 Å². The van der Waals surface area contributed by atoms with Crippen molar-refractivity contribution < 1.29 is 13.9 Å². The second-order valence-corrected chi connectivity index (χ2v) is 6.53. The zero-order chi connectivity index (χ0) is 16.4. The number of carbonyl (C=O) groups is 1. The highest BCUT2D eigenvalue weighted by atomic mass is 32.2. The van der Waals surface area contributed by atoms with Gasteiger partial charge >= 0.3 is 0 Å². The highest BCUT2D eigenvalue weighted by Crippen LogP contribution is 2.25. The number of amides is 1. The summed E-state index contributed by atoms with van der Waals surface area (Å²) in [4.78, 5) is 12.4. The average Bonchev–Trinajstić information content (AvgIpc) is 3.10. The van der Waals surface area contributed by atoms with Crippen LogP contribution in [0.2, 0.25) is 0 Å². The molecule has 0 saturated carbocycles. The number of nitrogens with one attached hydrogen (secondary N) is 1. The topological polar surface area (TPSA) is 54.7 Å². The quantitative estimate of drug-likeness (QED) is 0.727. The van der Waals surface area contributed by atoms with E-state index in [-0.39, 0.29) is 5.91 Å². The van der Waals surface area contributed by atoms with Crippen LogP contribution in [0.15, 0.2) is 59.2 Å². The normalized spacial score (nSPS) is 14.8. The maximum Gasteiger partial charge on any atom is 0.255 e. The van der Waals surface area contributed by atoms with Crippen molar-refractivity contribution in [2.75, 3.05) is 28.7 Å². The number of carbonyl (C=O) groups excluding carboxylic acids is 1. The van der Waals surface area contributed by atoms with E-state index in [1.165, 1.54) is 0 Å². The van der Waals surface area contributed by atoms with E-state index in [0.29, 0.717) is 12.3 Å². The van der Waals surface area contributed by atoms with Gasteiger partial charge in [-0.25, -0.2) is 0 Å². The van der Waals surface area contributed by atoms with Gasteiger partial charge < -0.3 is 14.5 Å². The summed E-state index contributed by atoms with van der Waals surface area (Å²) >= 11 is 1.73. The molecule has 1 aliphatic heterocycles. The van der Waals surface area contributed by atoms with Gasteiger partial charge in [-0.2, -0.15) is 0 Å². The average molecular weight is 340 g/mol. The summed E-state index contributed by atoms with van der Waals surface area (Å²) in [6.07, 6.45) is 1.64. The minimum Gasteiger partial charge on any atom is -0.464 e. The first kappa shape index (κ1) is 15.1. The van der Waals surface area contributed by atoms with Gasteiger partial charge in [0.1, 0.15) is 12.3 Å². The minimum atomic E-state index is -0.132. The number of ether oxygens (including phenoxy) is 1. The predicted octanol–water partition coefficient (Wildman–Crippen LogP) is 4.13. The Morgan fingerprint density at radius 2 is 2.00 bits per heavy atom. The molecule has 1 fully saturated rings. The first-order chi connectivity index (χ1) is 11.8. The molecule has 0 bridgehead atoms. The van der Waals surface area contributed by atoms with Gasteiger partial charge in [-0.05, 0) is 60.5 Å². The Bertz CT molecular complexity index is 854. The van der Waals surface area contributed by atoms with E-state index in [9.17, 15) is 4.79 Å². The van der Waals surface area contributed by atoms with Gasteiger partial charge in [0.2, 0.25) is 0 Å². The second-order valence-electron chi connectivity index (χ2n) is 5.42. The van der Waals surface area contributed by atoms with E-state index in [4.69, 9.17) is 9.15 Å². The van der Waals surface area contributed by atoms with Crippen LogP contribution in [0.1, 0.15) is 10.4 Å². The molecule has 3 aromatic rings. The van der Waals surface area contributed by atoms with E-state index < -0.39 is 0 Å². The first-order valence-electron chi connectivity index (χ1n) is 7.66. The van der Waals surface area contributed by atoms with Crippen molar-refractivity contribution in [1.82, 2.24) is 0 Å². The van der Waals surface area contributed by atoms with Gasteiger partial charge in [-0.15, -0.1) is 0 Å². The van der Waals surface area contributed by atoms with Gasteiger partial charge in [-0.3, -0.25) is 9.10 Å². The Hall–Kier alpha value is -2.44. The molecular formula is C18H16N2O3S. The second kappa shape index (κ2) is 6.59. The third-order valence-electron chi connectivity index (χ3n) is 3.81. The van der Waals surface area contributed by atoms with Crippen LogP contribution in [0.5, 0.6) is 0 Å². The number of hydrogen-bond acceptors (Lipinski definition) is 5.